The van der Waals surface area contributed by atoms with Crippen molar-refractivity contribution in [1.29, 1.82) is 0 Å². The molecule has 0 atom stereocenters. The molecule has 7 nitrogen and oxygen atoms in total. The van der Waals surface area contributed by atoms with Gasteiger partial charge >= 0.3 is 0 Å². The summed E-state index contributed by atoms with van der Waals surface area (Å²) < 4.78 is 1.22. The molecule has 1 saturated heterocycles. The van der Waals surface area contributed by atoms with E-state index < -0.39 is 0 Å². The number of benzene rings is 2. The number of nitrogens with zero attached hydrogens (tertiary/aromatic N) is 5. The van der Waals surface area contributed by atoms with Crippen LogP contribution in [0.4, 0.5) is 5.69 Å². The van der Waals surface area contributed by atoms with Gasteiger partial charge in [-0.15, -0.1) is 0 Å². The van der Waals surface area contributed by atoms with Crippen molar-refractivity contribution >= 4 is 28.3 Å². The number of H-pyrrole nitrogens is 1. The van der Waals surface area contributed by atoms with Crippen LogP contribution < -0.4 is 10.5 Å². The zero-order valence-corrected chi connectivity index (χ0v) is 18.0. The number of rotatable bonds is 4. The minimum atomic E-state index is -0.375. The van der Waals surface area contributed by atoms with Crippen molar-refractivity contribution < 1.29 is 0 Å². The zero-order valence-electron chi connectivity index (χ0n) is 17.3. The van der Waals surface area contributed by atoms with E-state index in [1.165, 1.54) is 15.8 Å². The van der Waals surface area contributed by atoms with Crippen LogP contribution in [0.25, 0.3) is 17.0 Å². The highest BCUT2D eigenvalue weighted by atomic mass is 35.5. The summed E-state index contributed by atoms with van der Waals surface area (Å²) in [7, 11) is 0. The molecule has 1 aliphatic rings. The van der Waals surface area contributed by atoms with Crippen molar-refractivity contribution in [3.05, 3.63) is 81.2 Å². The highest BCUT2D eigenvalue weighted by Crippen LogP contribution is 2.23. The number of halogens is 1. The van der Waals surface area contributed by atoms with E-state index in [2.05, 4.69) is 56.1 Å². The summed E-state index contributed by atoms with van der Waals surface area (Å²) >= 11 is 6.49. The third-order valence-corrected chi connectivity index (χ3v) is 6.03. The molecule has 0 spiro atoms. The van der Waals surface area contributed by atoms with Crippen LogP contribution in [-0.2, 0) is 6.54 Å². The molecule has 158 valence electrons. The predicted octanol–water partition coefficient (Wildman–Crippen LogP) is 3.39. The van der Waals surface area contributed by atoms with Gasteiger partial charge in [-0.25, -0.2) is 4.98 Å². The summed E-state index contributed by atoms with van der Waals surface area (Å²) in [6, 6.07) is 16.2. The van der Waals surface area contributed by atoms with Gasteiger partial charge in [-0.2, -0.15) is 9.78 Å². The van der Waals surface area contributed by atoms with E-state index in [-0.39, 0.29) is 10.6 Å². The first-order chi connectivity index (χ1) is 15.1. The number of nitrogens with one attached hydrogen (secondary N) is 1. The number of anilines is 1. The Bertz CT molecular complexity index is 1260. The maximum atomic E-state index is 12.9. The van der Waals surface area contributed by atoms with E-state index in [1.807, 2.05) is 24.3 Å². The molecule has 0 aliphatic carbocycles. The minimum absolute atomic E-state index is 0.169. The number of aromatic nitrogens is 4. The topological polar surface area (TPSA) is 70.0 Å². The molecule has 0 amide bonds. The van der Waals surface area contributed by atoms with Crippen LogP contribution in [0.3, 0.4) is 0 Å². The van der Waals surface area contributed by atoms with Gasteiger partial charge in [0.15, 0.2) is 0 Å². The lowest BCUT2D eigenvalue weighted by molar-refractivity contribution is 0.249. The van der Waals surface area contributed by atoms with Crippen LogP contribution >= 0.6 is 11.6 Å². The molecular formula is C23H23ClN6O. The number of hydrogen-bond acceptors (Lipinski definition) is 5. The molecule has 0 radical (unpaired) electrons. The van der Waals surface area contributed by atoms with Crippen molar-refractivity contribution in [2.75, 3.05) is 31.1 Å². The zero-order chi connectivity index (χ0) is 21.4. The van der Waals surface area contributed by atoms with E-state index >= 15 is 0 Å². The fourth-order valence-corrected chi connectivity index (χ4v) is 4.30. The van der Waals surface area contributed by atoms with Crippen molar-refractivity contribution in [2.24, 2.45) is 0 Å². The minimum Gasteiger partial charge on any atom is -0.366 e. The van der Waals surface area contributed by atoms with E-state index in [1.54, 1.807) is 6.20 Å². The first-order valence-corrected chi connectivity index (χ1v) is 10.7. The molecule has 31 heavy (non-hydrogen) atoms. The molecule has 2 aromatic heterocycles. The number of aryl methyl sites for hydroxylation is 1. The SMILES string of the molecule is Cc1cccc(CN2CCN(c3cnn(-c4nc5ccccc5[nH]4)c(=O)c3Cl)CC2)c1. The second-order valence-corrected chi connectivity index (χ2v) is 8.27. The largest absolute Gasteiger partial charge is 0.366 e. The Labute approximate surface area is 184 Å². The number of hydrogen-bond donors (Lipinski definition) is 1. The highest BCUT2D eigenvalue weighted by Gasteiger charge is 2.22. The van der Waals surface area contributed by atoms with Gasteiger partial charge in [0.1, 0.15) is 5.02 Å². The van der Waals surface area contributed by atoms with Gasteiger partial charge in [0, 0.05) is 32.7 Å². The molecule has 1 fully saturated rings. The van der Waals surface area contributed by atoms with Gasteiger partial charge in [0.25, 0.3) is 5.56 Å². The maximum Gasteiger partial charge on any atom is 0.295 e. The standard InChI is InChI=1S/C23H23ClN6O/c1-16-5-4-6-17(13-16)15-28-9-11-29(12-10-28)20-14-25-30(22(31)21(20)24)23-26-18-7-2-3-8-19(18)27-23/h2-8,13-14H,9-12,15H2,1H3,(H,26,27). The van der Waals surface area contributed by atoms with E-state index in [0.29, 0.717) is 11.6 Å². The van der Waals surface area contributed by atoms with Crippen LogP contribution in [0.2, 0.25) is 5.02 Å². The summed E-state index contributed by atoms with van der Waals surface area (Å²) in [6.45, 7) is 6.43. The third kappa shape index (κ3) is 3.94. The van der Waals surface area contributed by atoms with E-state index in [9.17, 15) is 4.79 Å². The van der Waals surface area contributed by atoms with Crippen LogP contribution in [-0.4, -0.2) is 50.8 Å². The van der Waals surface area contributed by atoms with Crippen LogP contribution in [0.1, 0.15) is 11.1 Å². The van der Waals surface area contributed by atoms with Crippen LogP contribution in [0.15, 0.2) is 59.5 Å². The molecule has 1 aliphatic heterocycles. The summed E-state index contributed by atoms with van der Waals surface area (Å²) in [5.41, 5.74) is 4.52. The van der Waals surface area contributed by atoms with E-state index in [4.69, 9.17) is 11.6 Å². The fraction of sp³-hybridized carbons (Fsp3) is 0.261. The summed E-state index contributed by atoms with van der Waals surface area (Å²) in [5.74, 6) is 0.364. The fourth-order valence-electron chi connectivity index (χ4n) is 4.05. The maximum absolute atomic E-state index is 12.9. The highest BCUT2D eigenvalue weighted by molar-refractivity contribution is 6.33. The first kappa shape index (κ1) is 19.8. The average Bonchev–Trinajstić information content (AvgIpc) is 3.20. The quantitative estimate of drug-likeness (QED) is 0.533. The van der Waals surface area contributed by atoms with E-state index in [0.717, 1.165) is 43.8 Å². The monoisotopic (exact) mass is 434 g/mol. The summed E-state index contributed by atoms with van der Waals surface area (Å²) in [6.07, 6.45) is 1.66. The summed E-state index contributed by atoms with van der Waals surface area (Å²) in [4.78, 5) is 25.0. The van der Waals surface area contributed by atoms with Crippen molar-refractivity contribution in [2.45, 2.75) is 13.5 Å². The summed E-state index contributed by atoms with van der Waals surface area (Å²) in [5, 5.41) is 4.52. The smallest absolute Gasteiger partial charge is 0.295 e. The van der Waals surface area contributed by atoms with Crippen molar-refractivity contribution in [1.82, 2.24) is 24.6 Å². The van der Waals surface area contributed by atoms with Gasteiger partial charge in [0.05, 0.1) is 22.9 Å². The molecule has 8 heteroatoms. The molecule has 0 unspecified atom stereocenters. The lowest BCUT2D eigenvalue weighted by Crippen LogP contribution is -2.46. The Morgan fingerprint density at radius 2 is 1.87 bits per heavy atom. The third-order valence-electron chi connectivity index (χ3n) is 5.68. The lowest BCUT2D eigenvalue weighted by Gasteiger charge is -2.36. The first-order valence-electron chi connectivity index (χ1n) is 10.3. The predicted molar refractivity (Wildman–Crippen MR) is 123 cm³/mol. The van der Waals surface area contributed by atoms with Gasteiger partial charge in [-0.3, -0.25) is 9.69 Å². The Hall–Kier alpha value is -3.16. The lowest BCUT2D eigenvalue weighted by atomic mass is 10.1. The second kappa shape index (κ2) is 8.17. The number of piperazine rings is 1. The number of para-hydroxylation sites is 2. The Balaban J connectivity index is 1.32. The molecule has 1 N–H and O–H groups in total. The Morgan fingerprint density at radius 1 is 1.06 bits per heavy atom. The van der Waals surface area contributed by atoms with Crippen LogP contribution in [0, 0.1) is 6.92 Å². The number of imidazole rings is 1. The van der Waals surface area contributed by atoms with Gasteiger partial charge in [0.2, 0.25) is 5.95 Å². The molecule has 2 aromatic carbocycles. The van der Waals surface area contributed by atoms with Crippen LogP contribution in [0.5, 0.6) is 0 Å². The molecule has 4 aromatic rings. The van der Waals surface area contributed by atoms with Gasteiger partial charge in [-0.05, 0) is 24.6 Å². The molecule has 5 rings (SSSR count). The number of fused-ring (bicyclic) bond motifs is 1. The number of aromatic amines is 1. The Kier molecular flexibility index (Phi) is 5.21. The van der Waals surface area contributed by atoms with Crippen molar-refractivity contribution in [3.8, 4) is 5.95 Å². The molecule has 3 heterocycles. The normalized spacial score (nSPS) is 15.0. The second-order valence-electron chi connectivity index (χ2n) is 7.89. The molecule has 0 saturated carbocycles. The average molecular weight is 435 g/mol. The molecular weight excluding hydrogens is 412 g/mol. The Morgan fingerprint density at radius 3 is 2.65 bits per heavy atom. The van der Waals surface area contributed by atoms with Gasteiger partial charge < -0.3 is 9.88 Å². The van der Waals surface area contributed by atoms with Gasteiger partial charge in [-0.1, -0.05) is 53.6 Å². The molecule has 0 bridgehead atoms. The van der Waals surface area contributed by atoms with Crippen molar-refractivity contribution in [3.63, 3.8) is 0 Å².